The minimum absolute atomic E-state index is 0.0325. The number of aliphatic carboxylic acids is 1. The highest BCUT2D eigenvalue weighted by Crippen LogP contribution is 2.30. The quantitative estimate of drug-likeness (QED) is 0.0611. The molecule has 2 aliphatic rings. The molecule has 0 bridgehead atoms. The number of amides is 1. The van der Waals surface area contributed by atoms with Crippen LogP contribution in [0.1, 0.15) is 131 Å². The highest BCUT2D eigenvalue weighted by Gasteiger charge is 2.47. The third-order valence-corrected chi connectivity index (χ3v) is 11.0. The fourth-order valence-electron chi connectivity index (χ4n) is 7.71. The largest absolute Gasteiger partial charge is 0.480 e. The third kappa shape index (κ3) is 14.8. The lowest BCUT2D eigenvalue weighted by Crippen LogP contribution is -2.57. The van der Waals surface area contributed by atoms with Crippen molar-refractivity contribution in [3.05, 3.63) is 23.3 Å². The summed E-state index contributed by atoms with van der Waals surface area (Å²) in [5.41, 5.74) is 2.37. The summed E-state index contributed by atoms with van der Waals surface area (Å²) in [6, 6.07) is -1.16. The monoisotopic (exact) mass is 721 g/mol. The highest BCUT2D eigenvalue weighted by atomic mass is 16.5. The van der Waals surface area contributed by atoms with Gasteiger partial charge in [-0.05, 0) is 96.3 Å². The number of likely N-dealkylation sites (tertiary alicyclic amines) is 1. The summed E-state index contributed by atoms with van der Waals surface area (Å²) in [6.07, 6.45) is 14.2. The van der Waals surface area contributed by atoms with Crippen LogP contribution < -0.4 is 0 Å². The molecule has 0 spiro atoms. The Hall–Kier alpha value is -2.44. The predicted molar refractivity (Wildman–Crippen MR) is 196 cm³/mol. The van der Waals surface area contributed by atoms with E-state index in [9.17, 15) is 39.6 Å². The molecule has 292 valence electrons. The Morgan fingerprint density at radius 3 is 2.27 bits per heavy atom. The minimum Gasteiger partial charge on any atom is -0.480 e. The van der Waals surface area contributed by atoms with E-state index < -0.39 is 41.5 Å². The Balaban J connectivity index is 1.77. The predicted octanol–water partition coefficient (Wildman–Crippen LogP) is 5.77. The zero-order valence-corrected chi connectivity index (χ0v) is 32.3. The Labute approximate surface area is 305 Å². The van der Waals surface area contributed by atoms with Gasteiger partial charge in [0.2, 0.25) is 5.79 Å². The van der Waals surface area contributed by atoms with E-state index in [4.69, 9.17) is 9.47 Å². The van der Waals surface area contributed by atoms with Crippen molar-refractivity contribution in [1.29, 1.82) is 0 Å². The number of hydrogen-bond acceptors (Lipinski definition) is 9. The lowest BCUT2D eigenvalue weighted by atomic mass is 9.85. The second-order valence-corrected chi connectivity index (χ2v) is 15.6. The zero-order chi connectivity index (χ0) is 38.3. The topological polar surface area (TPSA) is 171 Å². The molecule has 8 atom stereocenters. The lowest BCUT2D eigenvalue weighted by molar-refractivity contribution is -0.208. The van der Waals surface area contributed by atoms with Crippen molar-refractivity contribution in [2.75, 3.05) is 20.8 Å². The molecule has 1 aliphatic heterocycles. The molecule has 4 N–H and O–H groups in total. The van der Waals surface area contributed by atoms with Crippen molar-refractivity contribution in [3.63, 3.8) is 0 Å². The number of carbonyl (C=O) groups is 4. The van der Waals surface area contributed by atoms with Gasteiger partial charge in [0.1, 0.15) is 11.8 Å². The van der Waals surface area contributed by atoms with Crippen LogP contribution in [-0.4, -0.2) is 99.7 Å². The molecule has 1 heterocycles. The summed E-state index contributed by atoms with van der Waals surface area (Å²) in [4.78, 5) is 51.2. The minimum atomic E-state index is -2.95. The maximum absolute atomic E-state index is 12.9. The molecular formula is C40H67NO10. The van der Waals surface area contributed by atoms with Crippen molar-refractivity contribution in [2.24, 2.45) is 23.7 Å². The molecule has 0 aromatic rings. The average molecular weight is 722 g/mol. The Bertz CT molecular complexity index is 1200. The first kappa shape index (κ1) is 44.7. The van der Waals surface area contributed by atoms with Gasteiger partial charge in [-0.2, -0.15) is 0 Å². The van der Waals surface area contributed by atoms with Crippen molar-refractivity contribution >= 4 is 23.4 Å². The van der Waals surface area contributed by atoms with E-state index in [2.05, 4.69) is 19.9 Å². The molecular weight excluding hydrogens is 654 g/mol. The van der Waals surface area contributed by atoms with E-state index in [-0.39, 0.29) is 43.6 Å². The summed E-state index contributed by atoms with van der Waals surface area (Å²) in [5, 5.41) is 41.5. The van der Waals surface area contributed by atoms with E-state index in [0.717, 1.165) is 49.0 Å². The van der Waals surface area contributed by atoms with Crippen LogP contribution in [0.15, 0.2) is 23.3 Å². The summed E-state index contributed by atoms with van der Waals surface area (Å²) in [7, 11) is 3.29. The summed E-state index contributed by atoms with van der Waals surface area (Å²) in [5.74, 6) is -7.22. The molecule has 0 aromatic heterocycles. The van der Waals surface area contributed by atoms with Gasteiger partial charge in [-0.1, -0.05) is 63.3 Å². The molecule has 0 aromatic carbocycles. The number of ether oxygens (including phenoxy) is 2. The number of allylic oxidation sites excluding steroid dienone is 4. The number of aliphatic hydroxyl groups excluding tert-OH is 1. The number of ketones is 2. The molecule has 1 saturated carbocycles. The van der Waals surface area contributed by atoms with Gasteiger partial charge >= 0.3 is 5.97 Å². The van der Waals surface area contributed by atoms with Crippen molar-refractivity contribution in [3.8, 4) is 0 Å². The lowest BCUT2D eigenvalue weighted by Gasteiger charge is -2.35. The second-order valence-electron chi connectivity index (χ2n) is 15.6. The Kier molecular flexibility index (Phi) is 19.2. The van der Waals surface area contributed by atoms with Crippen molar-refractivity contribution in [1.82, 2.24) is 4.90 Å². The van der Waals surface area contributed by atoms with Gasteiger partial charge in [-0.15, -0.1) is 0 Å². The number of Topliss-reactive ketones (excluding diaryl/α,β-unsaturated/α-hetero) is 2. The van der Waals surface area contributed by atoms with Gasteiger partial charge in [-0.25, -0.2) is 4.79 Å². The first-order chi connectivity index (χ1) is 24.0. The number of nitrogens with zero attached hydrogens (tertiary/aromatic N) is 1. The first-order valence-electron chi connectivity index (χ1n) is 19.1. The normalized spacial score (nSPS) is 23.6. The average Bonchev–Trinajstić information content (AvgIpc) is 3.09. The number of carbonyl (C=O) groups excluding carboxylic acids is 3. The Morgan fingerprint density at radius 1 is 0.922 bits per heavy atom. The van der Waals surface area contributed by atoms with Gasteiger partial charge < -0.3 is 34.8 Å². The van der Waals surface area contributed by atoms with E-state index >= 15 is 0 Å². The molecule has 1 amide bonds. The van der Waals surface area contributed by atoms with E-state index in [0.29, 0.717) is 43.6 Å². The summed E-state index contributed by atoms with van der Waals surface area (Å²) in [6.45, 7) is 9.69. The maximum Gasteiger partial charge on any atom is 0.326 e. The molecule has 1 unspecified atom stereocenters. The van der Waals surface area contributed by atoms with Crippen LogP contribution in [0, 0.1) is 23.7 Å². The SMILES string of the molecule is CO[C@H](CCC[C@@H](C)C/C(C)=C/C(C)C(=O)C[C@H](O)CC/C(C)=C/[C@@H]1CCC[C@H](OC)C1)C[C@@H](C)C(O)(O)C(=O)C(=O)N1CCCC[C@H]1C(=O)O. The van der Waals surface area contributed by atoms with Crippen LogP contribution in [0.4, 0.5) is 0 Å². The molecule has 2 fully saturated rings. The number of hydrogen-bond donors (Lipinski definition) is 4. The highest BCUT2D eigenvalue weighted by molar-refractivity contribution is 6.39. The van der Waals surface area contributed by atoms with Gasteiger partial charge in [-0.3, -0.25) is 14.4 Å². The molecule has 0 radical (unpaired) electrons. The zero-order valence-electron chi connectivity index (χ0n) is 32.3. The van der Waals surface area contributed by atoms with Gasteiger partial charge in [0.25, 0.3) is 11.7 Å². The van der Waals surface area contributed by atoms with Crippen molar-refractivity contribution in [2.45, 2.75) is 161 Å². The maximum atomic E-state index is 12.9. The first-order valence-corrected chi connectivity index (χ1v) is 19.1. The molecule has 2 rings (SSSR count). The summed E-state index contributed by atoms with van der Waals surface area (Å²) < 4.78 is 11.1. The summed E-state index contributed by atoms with van der Waals surface area (Å²) >= 11 is 0. The molecule has 11 nitrogen and oxygen atoms in total. The molecule has 1 saturated heterocycles. The second kappa shape index (κ2) is 21.9. The number of methoxy groups -OCH3 is 2. The van der Waals surface area contributed by atoms with Gasteiger partial charge in [0.15, 0.2) is 0 Å². The van der Waals surface area contributed by atoms with E-state index in [1.165, 1.54) is 32.4 Å². The van der Waals surface area contributed by atoms with Gasteiger partial charge in [0, 0.05) is 39.0 Å². The number of aliphatic hydroxyl groups is 3. The number of carboxylic acid groups (broad SMARTS) is 1. The number of rotatable bonds is 22. The van der Waals surface area contributed by atoms with Crippen LogP contribution >= 0.6 is 0 Å². The molecule has 1 aliphatic carbocycles. The Morgan fingerprint density at radius 2 is 1.63 bits per heavy atom. The van der Waals surface area contributed by atoms with Gasteiger partial charge in [0.05, 0.1) is 18.3 Å². The van der Waals surface area contributed by atoms with Crippen LogP contribution in [0.5, 0.6) is 0 Å². The third-order valence-electron chi connectivity index (χ3n) is 11.0. The number of carboxylic acids is 1. The van der Waals surface area contributed by atoms with Crippen LogP contribution in [-0.2, 0) is 28.7 Å². The van der Waals surface area contributed by atoms with Crippen LogP contribution in [0.2, 0.25) is 0 Å². The fraction of sp³-hybridized carbons (Fsp3) is 0.800. The van der Waals surface area contributed by atoms with E-state index in [1.54, 1.807) is 7.11 Å². The van der Waals surface area contributed by atoms with Crippen LogP contribution in [0.3, 0.4) is 0 Å². The van der Waals surface area contributed by atoms with E-state index in [1.807, 2.05) is 19.9 Å². The standard InChI is InChI=1S/C40H67NO10/c1-26(20-28(3)21-29(4)36(43)25-32(42)18-17-27(2)22-31-13-11-15-34(24-31)51-7)12-10-14-33(50-6)23-30(5)40(48,49)37(44)38(45)41-19-9-8-16-35(41)39(46)47/h21-22,26,29-35,42,48-49H,8-20,23-25H2,1-7H3,(H,46,47)/b27-22+,28-21+/t26-,29?,30-,31+,32-,33-,34+,35+/m1/s1. The van der Waals surface area contributed by atoms with Crippen molar-refractivity contribution < 1.29 is 49.1 Å². The molecule has 51 heavy (non-hydrogen) atoms. The molecule has 11 heteroatoms. The number of piperidine rings is 1. The van der Waals surface area contributed by atoms with Crippen LogP contribution in [0.25, 0.3) is 0 Å². The fourth-order valence-corrected chi connectivity index (χ4v) is 7.71. The smallest absolute Gasteiger partial charge is 0.326 e.